The predicted octanol–water partition coefficient (Wildman–Crippen LogP) is 5.17. The third kappa shape index (κ3) is 5.18. The molecule has 2 aliphatic rings. The minimum absolute atomic E-state index is 0.0943. The molecule has 1 amide bonds. The molecule has 2 heterocycles. The molecule has 2 saturated heterocycles. The molecule has 8 heteroatoms. The minimum Gasteiger partial charge on any atom is -0.484 e. The summed E-state index contributed by atoms with van der Waals surface area (Å²) < 4.78 is 47.4. The molecule has 2 aromatic rings. The van der Waals surface area contributed by atoms with Crippen molar-refractivity contribution in [2.45, 2.75) is 62.6 Å². The van der Waals surface area contributed by atoms with Crippen molar-refractivity contribution >= 4 is 6.09 Å². The first-order valence-electron chi connectivity index (χ1n) is 10.7. The third-order valence-electron chi connectivity index (χ3n) is 6.22. The number of halogens is 3. The average Bonchev–Trinajstić information content (AvgIpc) is 2.76. The van der Waals surface area contributed by atoms with Crippen molar-refractivity contribution in [2.75, 3.05) is 6.61 Å². The van der Waals surface area contributed by atoms with Crippen LogP contribution in [0.4, 0.5) is 18.0 Å². The number of piperidine rings is 2. The van der Waals surface area contributed by atoms with Crippen molar-refractivity contribution in [1.29, 1.82) is 0 Å². The molecule has 2 aliphatic heterocycles. The van der Waals surface area contributed by atoms with Gasteiger partial charge in [-0.3, -0.25) is 0 Å². The molecule has 0 aliphatic carbocycles. The summed E-state index contributed by atoms with van der Waals surface area (Å²) in [6.07, 6.45) is -1.56. The van der Waals surface area contributed by atoms with Crippen LogP contribution in [-0.2, 0) is 16.9 Å². The van der Waals surface area contributed by atoms with Crippen molar-refractivity contribution in [2.24, 2.45) is 0 Å². The standard InChI is InChI=1S/C24H26F3NO4/c25-24(26,27)16-32-21-11-9-18(10-12-21)23(30)13-19-7-4-8-20(14-23)28(19)22(29)31-15-17-5-2-1-3-6-17/h1-3,5-6,9-12,19-20,30H,4,7-8,13-16H2. The van der Waals surface area contributed by atoms with Crippen LogP contribution in [-0.4, -0.2) is 41.0 Å². The Morgan fingerprint density at radius 3 is 2.25 bits per heavy atom. The van der Waals surface area contributed by atoms with Gasteiger partial charge in [-0.15, -0.1) is 0 Å². The van der Waals surface area contributed by atoms with Gasteiger partial charge in [-0.05, 0) is 42.5 Å². The molecule has 2 atom stereocenters. The van der Waals surface area contributed by atoms with Gasteiger partial charge < -0.3 is 19.5 Å². The number of hydrogen-bond acceptors (Lipinski definition) is 4. The topological polar surface area (TPSA) is 59.0 Å². The summed E-state index contributed by atoms with van der Waals surface area (Å²) in [5.74, 6) is 0.0943. The number of aliphatic hydroxyl groups is 1. The van der Waals surface area contributed by atoms with Crippen molar-refractivity contribution in [1.82, 2.24) is 4.90 Å². The molecule has 0 spiro atoms. The lowest BCUT2D eigenvalue weighted by Gasteiger charge is -2.51. The Morgan fingerprint density at radius 2 is 1.66 bits per heavy atom. The highest BCUT2D eigenvalue weighted by atomic mass is 19.4. The first kappa shape index (κ1) is 22.5. The molecular weight excluding hydrogens is 423 g/mol. The molecule has 2 unspecified atom stereocenters. The number of hydrogen-bond donors (Lipinski definition) is 1. The second kappa shape index (κ2) is 9.02. The van der Waals surface area contributed by atoms with E-state index in [0.29, 0.717) is 18.4 Å². The Morgan fingerprint density at radius 1 is 1.03 bits per heavy atom. The summed E-state index contributed by atoms with van der Waals surface area (Å²) in [5.41, 5.74) is 0.368. The largest absolute Gasteiger partial charge is 0.484 e. The monoisotopic (exact) mass is 449 g/mol. The average molecular weight is 449 g/mol. The number of carbonyl (C=O) groups is 1. The minimum atomic E-state index is -4.41. The van der Waals surface area contributed by atoms with E-state index in [1.807, 2.05) is 30.3 Å². The third-order valence-corrected chi connectivity index (χ3v) is 6.22. The number of carbonyl (C=O) groups excluding carboxylic acids is 1. The summed E-state index contributed by atoms with van der Waals surface area (Å²) in [4.78, 5) is 14.6. The molecule has 2 fully saturated rings. The van der Waals surface area contributed by atoms with Crippen LogP contribution >= 0.6 is 0 Å². The maximum Gasteiger partial charge on any atom is 0.422 e. The van der Waals surface area contributed by atoms with E-state index in [2.05, 4.69) is 0 Å². The molecule has 0 saturated carbocycles. The van der Waals surface area contributed by atoms with Crippen LogP contribution in [0.5, 0.6) is 5.75 Å². The van der Waals surface area contributed by atoms with Crippen LogP contribution in [0.1, 0.15) is 43.2 Å². The van der Waals surface area contributed by atoms with Gasteiger partial charge in [0.2, 0.25) is 0 Å². The number of nitrogens with zero attached hydrogens (tertiary/aromatic N) is 1. The highest BCUT2D eigenvalue weighted by Gasteiger charge is 2.48. The van der Waals surface area contributed by atoms with Gasteiger partial charge in [-0.25, -0.2) is 4.79 Å². The van der Waals surface area contributed by atoms with Crippen LogP contribution in [0.15, 0.2) is 54.6 Å². The van der Waals surface area contributed by atoms with Crippen LogP contribution in [0.3, 0.4) is 0 Å². The smallest absolute Gasteiger partial charge is 0.422 e. The van der Waals surface area contributed by atoms with Gasteiger partial charge in [0, 0.05) is 24.9 Å². The van der Waals surface area contributed by atoms with Crippen molar-refractivity contribution in [3.05, 3.63) is 65.7 Å². The van der Waals surface area contributed by atoms with E-state index in [4.69, 9.17) is 9.47 Å². The van der Waals surface area contributed by atoms with Crippen molar-refractivity contribution < 1.29 is 32.5 Å². The lowest BCUT2D eigenvalue weighted by Crippen LogP contribution is -2.58. The van der Waals surface area contributed by atoms with E-state index in [1.54, 1.807) is 17.0 Å². The zero-order chi connectivity index (χ0) is 22.8. The lowest BCUT2D eigenvalue weighted by molar-refractivity contribution is -0.153. The van der Waals surface area contributed by atoms with E-state index < -0.39 is 18.4 Å². The fourth-order valence-electron chi connectivity index (χ4n) is 4.78. The molecule has 5 nitrogen and oxygen atoms in total. The van der Waals surface area contributed by atoms with E-state index >= 15 is 0 Å². The van der Waals surface area contributed by atoms with Crippen LogP contribution in [0.25, 0.3) is 0 Å². The zero-order valence-corrected chi connectivity index (χ0v) is 17.6. The quantitative estimate of drug-likeness (QED) is 0.684. The molecular formula is C24H26F3NO4. The Bertz CT molecular complexity index is 903. The SMILES string of the molecule is O=C(OCc1ccccc1)N1C2CCCC1CC(O)(c1ccc(OCC(F)(F)F)cc1)C2. The van der Waals surface area contributed by atoms with Gasteiger partial charge in [0.05, 0.1) is 5.60 Å². The van der Waals surface area contributed by atoms with Gasteiger partial charge >= 0.3 is 12.3 Å². The van der Waals surface area contributed by atoms with E-state index in [1.165, 1.54) is 12.1 Å². The molecule has 0 radical (unpaired) electrons. The van der Waals surface area contributed by atoms with Gasteiger partial charge in [0.1, 0.15) is 12.4 Å². The Kier molecular flexibility index (Phi) is 6.33. The Balaban J connectivity index is 1.42. The predicted molar refractivity (Wildman–Crippen MR) is 111 cm³/mol. The molecule has 4 rings (SSSR count). The highest BCUT2D eigenvalue weighted by molar-refractivity contribution is 5.69. The Labute approximate surface area is 184 Å². The second-order valence-corrected chi connectivity index (χ2v) is 8.55. The van der Waals surface area contributed by atoms with Crippen molar-refractivity contribution in [3.8, 4) is 5.75 Å². The molecule has 172 valence electrons. The normalized spacial score (nSPS) is 25.3. The first-order chi connectivity index (χ1) is 15.2. The van der Waals surface area contributed by atoms with Crippen LogP contribution in [0.2, 0.25) is 0 Å². The zero-order valence-electron chi connectivity index (χ0n) is 17.6. The number of benzene rings is 2. The Hall–Kier alpha value is -2.74. The van der Waals surface area contributed by atoms with Crippen LogP contribution < -0.4 is 4.74 Å². The van der Waals surface area contributed by atoms with E-state index in [0.717, 1.165) is 24.8 Å². The maximum absolute atomic E-state index is 12.8. The summed E-state index contributed by atoms with van der Waals surface area (Å²) in [7, 11) is 0. The summed E-state index contributed by atoms with van der Waals surface area (Å²) in [6, 6.07) is 15.2. The van der Waals surface area contributed by atoms with Gasteiger partial charge in [-0.2, -0.15) is 13.2 Å². The molecule has 0 aromatic heterocycles. The van der Waals surface area contributed by atoms with Gasteiger partial charge in [0.25, 0.3) is 0 Å². The highest BCUT2D eigenvalue weighted by Crippen LogP contribution is 2.45. The molecule has 1 N–H and O–H groups in total. The van der Waals surface area contributed by atoms with Gasteiger partial charge in [-0.1, -0.05) is 42.5 Å². The van der Waals surface area contributed by atoms with Crippen molar-refractivity contribution in [3.63, 3.8) is 0 Å². The molecule has 2 aromatic carbocycles. The summed E-state index contributed by atoms with van der Waals surface area (Å²) >= 11 is 0. The lowest BCUT2D eigenvalue weighted by atomic mass is 9.72. The molecule has 32 heavy (non-hydrogen) atoms. The summed E-state index contributed by atoms with van der Waals surface area (Å²) in [6.45, 7) is -1.17. The second-order valence-electron chi connectivity index (χ2n) is 8.55. The maximum atomic E-state index is 12.8. The molecule has 2 bridgehead atoms. The fourth-order valence-corrected chi connectivity index (χ4v) is 4.78. The number of ether oxygens (including phenoxy) is 2. The number of fused-ring (bicyclic) bond motifs is 2. The van der Waals surface area contributed by atoms with E-state index in [-0.39, 0.29) is 30.5 Å². The summed E-state index contributed by atoms with van der Waals surface area (Å²) in [5, 5.41) is 11.4. The number of amides is 1. The van der Waals surface area contributed by atoms with E-state index in [9.17, 15) is 23.1 Å². The van der Waals surface area contributed by atoms with Gasteiger partial charge in [0.15, 0.2) is 6.61 Å². The van der Waals surface area contributed by atoms with Crippen LogP contribution in [0, 0.1) is 0 Å². The fraction of sp³-hybridized carbons (Fsp3) is 0.458. The first-order valence-corrected chi connectivity index (χ1v) is 10.7. The number of alkyl halides is 3. The number of rotatable bonds is 5.